The quantitative estimate of drug-likeness (QED) is 0.0847. The van der Waals surface area contributed by atoms with Crippen molar-refractivity contribution in [3.8, 4) is 61.5 Å². The predicted octanol–water partition coefficient (Wildman–Crippen LogP) is 18.1. The van der Waals surface area contributed by atoms with Gasteiger partial charge in [-0.3, -0.25) is 9.97 Å². The van der Waals surface area contributed by atoms with E-state index in [0.717, 1.165) is 63.8 Å². The van der Waals surface area contributed by atoms with Gasteiger partial charge in [0, 0.05) is 73.7 Å². The van der Waals surface area contributed by atoms with E-state index in [1.165, 1.54) is 141 Å². The molecule has 2 aliphatic rings. The summed E-state index contributed by atoms with van der Waals surface area (Å²) >= 11 is 13.8. The molecule has 14 heteroatoms. The minimum Gasteiger partial charge on any atom is -0.252 e. The average molecular weight is 1000 g/mol. The van der Waals surface area contributed by atoms with Crippen LogP contribution in [0.4, 0.5) is 0 Å². The largest absolute Gasteiger partial charge is 0.252 e. The monoisotopic (exact) mass is 1000 g/mol. The van der Waals surface area contributed by atoms with Crippen molar-refractivity contribution in [1.82, 2.24) is 27.5 Å². The zero-order valence-corrected chi connectivity index (χ0v) is 43.5. The molecule has 0 bridgehead atoms. The topological polar surface area (TPSA) is 77.3 Å². The first-order valence-electron chi connectivity index (χ1n) is 23.1. The minimum absolute atomic E-state index is 0.120. The van der Waals surface area contributed by atoms with Gasteiger partial charge in [-0.25, -0.2) is 0 Å². The van der Waals surface area contributed by atoms with Crippen molar-refractivity contribution in [3.63, 3.8) is 0 Å². The second-order valence-electron chi connectivity index (χ2n) is 17.5. The summed E-state index contributed by atoms with van der Waals surface area (Å²) in [5, 5.41) is 2.14. The maximum absolute atomic E-state index is 5.30. The van der Waals surface area contributed by atoms with E-state index in [9.17, 15) is 0 Å². The van der Waals surface area contributed by atoms with Crippen LogP contribution in [0.2, 0.25) is 0 Å². The summed E-state index contributed by atoms with van der Waals surface area (Å²) in [7, 11) is 0. The summed E-state index contributed by atoms with van der Waals surface area (Å²) in [5.41, 5.74) is 10.6. The molecule has 9 aromatic heterocycles. The summed E-state index contributed by atoms with van der Waals surface area (Å²) in [6.45, 7) is 9.52. The molecule has 11 rings (SSSR count). The highest BCUT2D eigenvalue weighted by atomic mass is 32.2. The van der Waals surface area contributed by atoms with Gasteiger partial charge in [-0.05, 0) is 90.1 Å². The number of unbranched alkanes of at least 4 members (excludes halogenated alkanes) is 2. The first-order chi connectivity index (χ1) is 32.0. The van der Waals surface area contributed by atoms with E-state index in [4.69, 9.17) is 27.5 Å². The third kappa shape index (κ3) is 8.05. The van der Waals surface area contributed by atoms with E-state index in [-0.39, 0.29) is 5.41 Å². The Hall–Kier alpha value is -3.47. The molecule has 0 fully saturated rings. The lowest BCUT2D eigenvalue weighted by Crippen LogP contribution is -2.31. The Kier molecular flexibility index (Phi) is 12.8. The zero-order valence-electron chi connectivity index (χ0n) is 37.0. The molecule has 10 heterocycles. The van der Waals surface area contributed by atoms with Crippen LogP contribution in [0, 0.1) is 11.8 Å². The molecule has 2 atom stereocenters. The van der Waals surface area contributed by atoms with Gasteiger partial charge in [-0.2, -0.15) is 17.5 Å². The van der Waals surface area contributed by atoms with Crippen molar-refractivity contribution < 1.29 is 0 Å². The van der Waals surface area contributed by atoms with Gasteiger partial charge >= 0.3 is 0 Å². The van der Waals surface area contributed by atoms with Crippen LogP contribution in [0.1, 0.15) is 114 Å². The van der Waals surface area contributed by atoms with Crippen molar-refractivity contribution in [2.24, 2.45) is 11.8 Å². The third-order valence-corrected chi connectivity index (χ3v) is 21.7. The number of fused-ring (bicyclic) bond motifs is 5. The molecule has 1 aliphatic carbocycles. The van der Waals surface area contributed by atoms with E-state index in [2.05, 4.69) is 100 Å². The van der Waals surface area contributed by atoms with E-state index in [0.29, 0.717) is 11.8 Å². The summed E-state index contributed by atoms with van der Waals surface area (Å²) in [5.74, 6) is 2.42. The van der Waals surface area contributed by atoms with Crippen molar-refractivity contribution >= 4 is 119 Å². The van der Waals surface area contributed by atoms with Crippen LogP contribution in [0.25, 0.3) is 88.5 Å². The first kappa shape index (κ1) is 44.1. The molecule has 0 spiro atoms. The summed E-state index contributed by atoms with van der Waals surface area (Å²) in [6.07, 6.45) is 19.8. The van der Waals surface area contributed by atoms with Crippen molar-refractivity contribution in [1.29, 1.82) is 0 Å². The maximum Gasteiger partial charge on any atom is 0.132 e. The number of thiophene rings is 5. The zero-order chi connectivity index (χ0) is 44.1. The van der Waals surface area contributed by atoms with Crippen LogP contribution in [0.3, 0.4) is 0 Å². The Labute approximate surface area is 414 Å². The highest BCUT2D eigenvalue weighted by Gasteiger charge is 2.48. The van der Waals surface area contributed by atoms with Crippen LogP contribution in [0.5, 0.6) is 0 Å². The van der Waals surface area contributed by atoms with Gasteiger partial charge in [0.25, 0.3) is 0 Å². The lowest BCUT2D eigenvalue weighted by atomic mass is 9.65. The summed E-state index contributed by atoms with van der Waals surface area (Å²) < 4.78 is 19.8. The van der Waals surface area contributed by atoms with Crippen LogP contribution < -0.4 is 0 Å². The third-order valence-electron chi connectivity index (χ3n) is 13.6. The maximum atomic E-state index is 5.30. The molecule has 9 aromatic rings. The van der Waals surface area contributed by atoms with E-state index in [1.54, 1.807) is 22.7 Å². The molecule has 0 amide bonds. The molecule has 332 valence electrons. The van der Waals surface area contributed by atoms with Gasteiger partial charge in [-0.1, -0.05) is 91.2 Å². The Morgan fingerprint density at radius 3 is 1.63 bits per heavy atom. The smallest absolute Gasteiger partial charge is 0.132 e. The van der Waals surface area contributed by atoms with E-state index in [1.807, 2.05) is 45.8 Å². The SMILES string of the molecule is CCCCC(CC)CC1(CC(CC)CCCC)c2cc(-c3ncc(-c4ccc(C5=CCCS5)s4)c4nsnc34)sc2-c2sc(-c3ncc(-c4ccc(-c5cccs5)s4)c4nsnc34)cc21. The van der Waals surface area contributed by atoms with Gasteiger partial charge in [0.1, 0.15) is 33.5 Å². The second kappa shape index (κ2) is 18.9. The fraction of sp³-hybridized carbons (Fsp3) is 0.373. The van der Waals surface area contributed by atoms with Crippen LogP contribution in [-0.4, -0.2) is 33.2 Å². The number of hydrogen-bond donors (Lipinski definition) is 0. The lowest BCUT2D eigenvalue weighted by molar-refractivity contribution is 0.266. The average Bonchev–Trinajstić information content (AvgIpc) is 4.16. The molecular formula is C51H50N6S8. The molecule has 0 saturated heterocycles. The molecule has 1 aliphatic heterocycles. The number of allylic oxidation sites excluding steroid dienone is 1. The summed E-state index contributed by atoms with van der Waals surface area (Å²) in [4.78, 5) is 23.4. The Morgan fingerprint density at radius 1 is 0.585 bits per heavy atom. The molecule has 2 unspecified atom stereocenters. The number of nitrogens with zero attached hydrogens (tertiary/aromatic N) is 6. The van der Waals surface area contributed by atoms with Gasteiger partial charge in [0.05, 0.1) is 33.2 Å². The van der Waals surface area contributed by atoms with Crippen molar-refractivity contribution in [2.75, 3.05) is 5.75 Å². The Morgan fingerprint density at radius 2 is 1.12 bits per heavy atom. The normalized spacial score (nSPS) is 16.8. The summed E-state index contributed by atoms with van der Waals surface area (Å²) in [6, 6.07) is 18.3. The number of rotatable bonds is 18. The first-order valence-corrected chi connectivity index (χ1v) is 29.7. The molecule has 0 N–H and O–H groups in total. The molecule has 0 aromatic carbocycles. The standard InChI is InChI=1S/C51H50N6S8/c1-5-9-13-29(7-3)25-51(26-30(8-4)14-10-6-2)33-23-41(45-47-43(54-64-56-47)31(27-52-45)35-17-19-39(60-35)37-15-11-21-58-37)62-49(33)50-34(51)24-42(63-50)46-48-44(55-65-57-48)32(28-53-46)36-18-20-40(61-36)38-16-12-22-59-38/h11,15-21,23-24,27-30H,5-10,12-14,22,25-26H2,1-4H3. The Bertz CT molecular complexity index is 3120. The molecule has 65 heavy (non-hydrogen) atoms. The number of aromatic nitrogens is 6. The lowest BCUT2D eigenvalue weighted by Gasteiger charge is -2.37. The van der Waals surface area contributed by atoms with Crippen LogP contribution in [-0.2, 0) is 5.41 Å². The molecular weight excluding hydrogens is 953 g/mol. The molecule has 0 saturated carbocycles. The van der Waals surface area contributed by atoms with Gasteiger partial charge in [0.15, 0.2) is 0 Å². The minimum atomic E-state index is -0.120. The highest BCUT2D eigenvalue weighted by Crippen LogP contribution is 2.63. The predicted molar refractivity (Wildman–Crippen MR) is 288 cm³/mol. The van der Waals surface area contributed by atoms with Crippen LogP contribution >= 0.6 is 91.9 Å². The van der Waals surface area contributed by atoms with Gasteiger partial charge in [0.2, 0.25) is 0 Å². The number of thioether (sulfide) groups is 1. The van der Waals surface area contributed by atoms with Crippen molar-refractivity contribution in [3.05, 3.63) is 88.4 Å². The fourth-order valence-corrected chi connectivity index (χ4v) is 17.9. The molecule has 6 nitrogen and oxygen atoms in total. The number of pyridine rings is 2. The van der Waals surface area contributed by atoms with Crippen LogP contribution in [0.15, 0.2) is 72.4 Å². The van der Waals surface area contributed by atoms with E-state index >= 15 is 0 Å². The molecule has 0 radical (unpaired) electrons. The van der Waals surface area contributed by atoms with Gasteiger partial charge in [-0.15, -0.1) is 68.4 Å². The highest BCUT2D eigenvalue weighted by molar-refractivity contribution is 8.08. The Balaban J connectivity index is 1.05. The van der Waals surface area contributed by atoms with Crippen molar-refractivity contribution in [2.45, 2.75) is 104 Å². The number of hydrogen-bond acceptors (Lipinski definition) is 14. The van der Waals surface area contributed by atoms with E-state index < -0.39 is 0 Å². The second-order valence-corrected chi connectivity index (χ2v) is 24.9. The van der Waals surface area contributed by atoms with Gasteiger partial charge < -0.3 is 0 Å². The fourth-order valence-electron chi connectivity index (χ4n) is 10.1.